The highest BCUT2D eigenvalue weighted by Gasteiger charge is 2.13. The van der Waals surface area contributed by atoms with Crippen LogP contribution in [0.3, 0.4) is 0 Å². The summed E-state index contributed by atoms with van der Waals surface area (Å²) in [5.74, 6) is 1.31. The summed E-state index contributed by atoms with van der Waals surface area (Å²) in [6.45, 7) is 0. The van der Waals surface area contributed by atoms with Gasteiger partial charge in [0.15, 0.2) is 10.9 Å². The Balaban J connectivity index is 1.57. The fraction of sp³-hybridized carbons (Fsp3) is 0. The molecule has 0 aliphatic rings. The summed E-state index contributed by atoms with van der Waals surface area (Å²) < 4.78 is 5.41. The lowest BCUT2D eigenvalue weighted by Gasteiger charge is -1.99. The van der Waals surface area contributed by atoms with Gasteiger partial charge in [0.1, 0.15) is 17.2 Å². The first-order valence-corrected chi connectivity index (χ1v) is 8.89. The lowest BCUT2D eigenvalue weighted by molar-refractivity contribution is 0.434. The van der Waals surface area contributed by atoms with Crippen molar-refractivity contribution in [2.75, 3.05) is 5.32 Å². The summed E-state index contributed by atoms with van der Waals surface area (Å²) in [6.07, 6.45) is 1.72. The first-order valence-electron chi connectivity index (χ1n) is 7.25. The Kier molecular flexibility index (Phi) is 4.40. The summed E-state index contributed by atoms with van der Waals surface area (Å²) in [7, 11) is 0. The number of hydrogen-bond donors (Lipinski definition) is 1. The predicted molar refractivity (Wildman–Crippen MR) is 101 cm³/mol. The van der Waals surface area contributed by atoms with Gasteiger partial charge in [0.25, 0.3) is 0 Å². The molecule has 0 saturated heterocycles. The van der Waals surface area contributed by atoms with E-state index in [1.807, 2.05) is 35.7 Å². The Bertz CT molecular complexity index is 1020. The van der Waals surface area contributed by atoms with Gasteiger partial charge >= 0.3 is 0 Å². The molecule has 0 aliphatic carbocycles. The number of nitrogens with one attached hydrogen (secondary N) is 1. The van der Waals surface area contributed by atoms with Crippen molar-refractivity contribution in [3.8, 4) is 22.7 Å². The molecular formula is C17H10Cl2N4OS. The number of nitrogens with zero attached hydrogens (tertiary/aromatic N) is 3. The summed E-state index contributed by atoms with van der Waals surface area (Å²) in [5.41, 5.74) is 2.19. The largest absolute Gasteiger partial charge is 0.354 e. The van der Waals surface area contributed by atoms with E-state index in [1.54, 1.807) is 18.3 Å². The Hall–Kier alpha value is -2.41. The lowest BCUT2D eigenvalue weighted by atomic mass is 10.1. The minimum Gasteiger partial charge on any atom is -0.354 e. The third kappa shape index (κ3) is 3.51. The maximum Gasteiger partial charge on any atom is 0.188 e. The van der Waals surface area contributed by atoms with Crippen LogP contribution in [-0.4, -0.2) is 15.1 Å². The van der Waals surface area contributed by atoms with Crippen molar-refractivity contribution in [3.63, 3.8) is 0 Å². The van der Waals surface area contributed by atoms with Crippen molar-refractivity contribution in [3.05, 3.63) is 64.1 Å². The van der Waals surface area contributed by atoms with Crippen LogP contribution in [0.15, 0.2) is 58.6 Å². The normalized spacial score (nSPS) is 10.8. The van der Waals surface area contributed by atoms with Crippen LogP contribution < -0.4 is 5.32 Å². The monoisotopic (exact) mass is 388 g/mol. The average molecular weight is 389 g/mol. The molecule has 0 atom stereocenters. The summed E-state index contributed by atoms with van der Waals surface area (Å²) >= 11 is 13.5. The van der Waals surface area contributed by atoms with Gasteiger partial charge in [-0.05, 0) is 24.3 Å². The third-order valence-electron chi connectivity index (χ3n) is 3.38. The Morgan fingerprint density at radius 2 is 1.92 bits per heavy atom. The highest BCUT2D eigenvalue weighted by Crippen LogP contribution is 2.32. The second-order valence-corrected chi connectivity index (χ2v) is 6.76. The molecule has 0 unspecified atom stereocenters. The summed E-state index contributed by atoms with van der Waals surface area (Å²) in [6, 6.07) is 12.8. The van der Waals surface area contributed by atoms with E-state index in [2.05, 4.69) is 20.4 Å². The van der Waals surface area contributed by atoms with Crippen LogP contribution in [0, 0.1) is 0 Å². The third-order valence-corrected chi connectivity index (χ3v) is 4.88. The second-order valence-electron chi connectivity index (χ2n) is 5.08. The van der Waals surface area contributed by atoms with Crippen molar-refractivity contribution >= 4 is 45.5 Å². The minimum atomic E-state index is 0.472. The Morgan fingerprint density at radius 3 is 2.72 bits per heavy atom. The van der Waals surface area contributed by atoms with Gasteiger partial charge in [0, 0.05) is 23.2 Å². The predicted octanol–water partition coefficient (Wildman–Crippen LogP) is 5.91. The number of thiazole rings is 1. The molecule has 5 nitrogen and oxygen atoms in total. The van der Waals surface area contributed by atoms with Gasteiger partial charge in [-0.15, -0.1) is 11.3 Å². The first-order chi connectivity index (χ1) is 12.2. The molecule has 3 heterocycles. The maximum absolute atomic E-state index is 6.05. The van der Waals surface area contributed by atoms with E-state index < -0.39 is 0 Å². The Labute approximate surface area is 157 Å². The van der Waals surface area contributed by atoms with Crippen molar-refractivity contribution in [1.29, 1.82) is 0 Å². The van der Waals surface area contributed by atoms with Crippen molar-refractivity contribution in [2.24, 2.45) is 0 Å². The topological polar surface area (TPSA) is 63.8 Å². The summed E-state index contributed by atoms with van der Waals surface area (Å²) in [5, 5.41) is 10.8. The zero-order valence-corrected chi connectivity index (χ0v) is 14.9. The quantitative estimate of drug-likeness (QED) is 0.470. The van der Waals surface area contributed by atoms with Gasteiger partial charge in [-0.1, -0.05) is 40.5 Å². The van der Waals surface area contributed by atoms with Gasteiger partial charge < -0.3 is 9.84 Å². The highest BCUT2D eigenvalue weighted by molar-refractivity contribution is 7.14. The maximum atomic E-state index is 6.05. The number of halogens is 2. The van der Waals surface area contributed by atoms with Crippen LogP contribution in [0.25, 0.3) is 22.7 Å². The number of rotatable bonds is 4. The molecule has 124 valence electrons. The SMILES string of the molecule is Clc1ccc(-c2cc(-c3csc(Nc4ccccn4)n3)on2)cc1Cl. The van der Waals surface area contributed by atoms with Gasteiger partial charge in [0.2, 0.25) is 0 Å². The zero-order valence-electron chi connectivity index (χ0n) is 12.6. The molecule has 8 heteroatoms. The molecule has 25 heavy (non-hydrogen) atoms. The standard InChI is InChI=1S/C17H10Cl2N4OS/c18-11-5-4-10(7-12(11)19)13-8-15(24-23-13)14-9-25-17(21-14)22-16-3-1-2-6-20-16/h1-9H,(H,20,21,22). The highest BCUT2D eigenvalue weighted by atomic mass is 35.5. The molecule has 0 bridgehead atoms. The van der Waals surface area contributed by atoms with Crippen LogP contribution >= 0.6 is 34.5 Å². The number of aromatic nitrogens is 3. The van der Waals surface area contributed by atoms with Gasteiger partial charge in [0.05, 0.1) is 10.0 Å². The van der Waals surface area contributed by atoms with E-state index in [-0.39, 0.29) is 0 Å². The van der Waals surface area contributed by atoms with Crippen LogP contribution in [-0.2, 0) is 0 Å². The number of pyridine rings is 1. The average Bonchev–Trinajstić information content (AvgIpc) is 3.27. The van der Waals surface area contributed by atoms with Gasteiger partial charge in [-0.2, -0.15) is 0 Å². The van der Waals surface area contributed by atoms with E-state index in [1.165, 1.54) is 11.3 Å². The molecular weight excluding hydrogens is 379 g/mol. The van der Waals surface area contributed by atoms with Crippen molar-refractivity contribution < 1.29 is 4.52 Å². The fourth-order valence-corrected chi connectivity index (χ4v) is 3.18. The van der Waals surface area contributed by atoms with Crippen molar-refractivity contribution in [1.82, 2.24) is 15.1 Å². The zero-order chi connectivity index (χ0) is 17.2. The van der Waals surface area contributed by atoms with Crippen LogP contribution in [0.5, 0.6) is 0 Å². The van der Waals surface area contributed by atoms with E-state index in [0.29, 0.717) is 27.2 Å². The minimum absolute atomic E-state index is 0.472. The molecule has 1 N–H and O–H groups in total. The number of anilines is 2. The van der Waals surface area contributed by atoms with E-state index in [0.717, 1.165) is 16.5 Å². The van der Waals surface area contributed by atoms with Crippen molar-refractivity contribution in [2.45, 2.75) is 0 Å². The van der Waals surface area contributed by atoms with Crippen LogP contribution in [0.1, 0.15) is 0 Å². The molecule has 0 radical (unpaired) electrons. The van der Waals surface area contributed by atoms with E-state index in [4.69, 9.17) is 27.7 Å². The van der Waals surface area contributed by atoms with Crippen LogP contribution in [0.4, 0.5) is 10.9 Å². The molecule has 3 aromatic heterocycles. The van der Waals surface area contributed by atoms with Gasteiger partial charge in [-0.25, -0.2) is 9.97 Å². The second kappa shape index (κ2) is 6.84. The molecule has 4 aromatic rings. The molecule has 1 aromatic carbocycles. The molecule has 0 spiro atoms. The molecule has 0 amide bonds. The molecule has 0 aliphatic heterocycles. The van der Waals surface area contributed by atoms with E-state index >= 15 is 0 Å². The first kappa shape index (κ1) is 16.1. The van der Waals surface area contributed by atoms with Crippen LogP contribution in [0.2, 0.25) is 10.0 Å². The molecule has 0 saturated carbocycles. The number of benzene rings is 1. The fourth-order valence-electron chi connectivity index (χ4n) is 2.18. The van der Waals surface area contributed by atoms with Gasteiger partial charge in [-0.3, -0.25) is 0 Å². The summed E-state index contributed by atoms with van der Waals surface area (Å²) in [4.78, 5) is 8.71. The smallest absolute Gasteiger partial charge is 0.188 e. The Morgan fingerprint density at radius 1 is 1.00 bits per heavy atom. The molecule has 4 rings (SSSR count). The molecule has 0 fully saturated rings. The van der Waals surface area contributed by atoms with E-state index in [9.17, 15) is 0 Å². The lowest BCUT2D eigenvalue weighted by Crippen LogP contribution is -1.91. The number of hydrogen-bond acceptors (Lipinski definition) is 6.